The average Bonchev–Trinajstić information content (AvgIpc) is 2.18. The van der Waals surface area contributed by atoms with Gasteiger partial charge in [-0.15, -0.1) is 0 Å². The minimum atomic E-state index is -4.43. The molecule has 0 heterocycles. The third-order valence-electron chi connectivity index (χ3n) is 2.45. The Balaban J connectivity index is 4.81. The summed E-state index contributed by atoms with van der Waals surface area (Å²) in [5.41, 5.74) is 3.82. The molecule has 98 valence electrons. The molecular formula is C7H17NO7S. The van der Waals surface area contributed by atoms with Crippen LogP contribution in [0, 0.1) is 5.41 Å². The molecule has 0 aliphatic rings. The predicted octanol–water partition coefficient (Wildman–Crippen LogP) is -3.47. The maximum absolute atomic E-state index is 10.5. The van der Waals surface area contributed by atoms with Crippen molar-refractivity contribution in [3.05, 3.63) is 0 Å². The minimum Gasteiger partial charge on any atom is -0.396 e. The highest BCUT2D eigenvalue weighted by Gasteiger charge is 2.40. The smallest absolute Gasteiger partial charge is 0.267 e. The lowest BCUT2D eigenvalue weighted by molar-refractivity contribution is -0.0428. The second-order valence-electron chi connectivity index (χ2n) is 3.68. The van der Waals surface area contributed by atoms with Crippen LogP contribution in [0.3, 0.4) is 0 Å². The topological polar surface area (TPSA) is 161 Å². The van der Waals surface area contributed by atoms with Gasteiger partial charge in [0.2, 0.25) is 0 Å². The van der Waals surface area contributed by atoms with E-state index in [0.717, 1.165) is 0 Å². The van der Waals surface area contributed by atoms with Crippen LogP contribution < -0.4 is 5.73 Å². The monoisotopic (exact) mass is 259 g/mol. The molecule has 0 rings (SSSR count). The van der Waals surface area contributed by atoms with Gasteiger partial charge >= 0.3 is 0 Å². The molecule has 0 saturated heterocycles. The van der Waals surface area contributed by atoms with E-state index in [9.17, 15) is 13.5 Å². The summed E-state index contributed by atoms with van der Waals surface area (Å²) in [5, 5.41) is 36.3. The van der Waals surface area contributed by atoms with Gasteiger partial charge < -0.3 is 26.2 Å². The van der Waals surface area contributed by atoms with Gasteiger partial charge in [0.15, 0.2) is 0 Å². The highest BCUT2D eigenvalue weighted by Crippen LogP contribution is 2.21. The second-order valence-corrected chi connectivity index (χ2v) is 5.18. The van der Waals surface area contributed by atoms with Gasteiger partial charge in [-0.1, -0.05) is 0 Å². The number of hydrogen-bond acceptors (Lipinski definition) is 7. The molecule has 16 heavy (non-hydrogen) atoms. The first-order valence-corrected chi connectivity index (χ1v) is 6.04. The van der Waals surface area contributed by atoms with Crippen LogP contribution in [0.15, 0.2) is 0 Å². The van der Waals surface area contributed by atoms with Crippen LogP contribution in [0.2, 0.25) is 0 Å². The van der Waals surface area contributed by atoms with E-state index in [1.165, 1.54) is 0 Å². The van der Waals surface area contributed by atoms with Crippen molar-refractivity contribution in [2.75, 3.05) is 25.6 Å². The summed E-state index contributed by atoms with van der Waals surface area (Å²) < 4.78 is 29.5. The molecule has 2 atom stereocenters. The van der Waals surface area contributed by atoms with Crippen molar-refractivity contribution in [3.63, 3.8) is 0 Å². The van der Waals surface area contributed by atoms with Crippen molar-refractivity contribution in [3.8, 4) is 0 Å². The van der Waals surface area contributed by atoms with E-state index in [4.69, 9.17) is 25.6 Å². The molecule has 0 aromatic carbocycles. The third-order valence-corrected chi connectivity index (χ3v) is 3.21. The van der Waals surface area contributed by atoms with Crippen LogP contribution >= 0.6 is 0 Å². The molecule has 0 fully saturated rings. The van der Waals surface area contributed by atoms with Gasteiger partial charge in [0.05, 0.1) is 31.3 Å². The fourth-order valence-electron chi connectivity index (χ4n) is 1.19. The second kappa shape index (κ2) is 5.87. The first-order valence-electron chi connectivity index (χ1n) is 4.44. The van der Waals surface area contributed by atoms with Crippen LogP contribution in [-0.4, -0.2) is 71.1 Å². The van der Waals surface area contributed by atoms with Crippen LogP contribution in [0.25, 0.3) is 0 Å². The lowest BCUT2D eigenvalue weighted by Crippen LogP contribution is -2.57. The molecule has 8 nitrogen and oxygen atoms in total. The molecule has 0 spiro atoms. The Morgan fingerprint density at radius 3 is 1.75 bits per heavy atom. The summed E-state index contributed by atoms with van der Waals surface area (Å²) in [4.78, 5) is 0. The quantitative estimate of drug-likeness (QED) is 0.257. The lowest BCUT2D eigenvalue weighted by Gasteiger charge is -2.36. The minimum absolute atomic E-state index is 0.732. The molecule has 0 amide bonds. The Morgan fingerprint density at radius 2 is 1.50 bits per heavy atom. The molecule has 0 aromatic rings. The van der Waals surface area contributed by atoms with Gasteiger partial charge in [-0.2, -0.15) is 8.42 Å². The Bertz CT molecular complexity index is 292. The van der Waals surface area contributed by atoms with Gasteiger partial charge in [-0.3, -0.25) is 4.55 Å². The van der Waals surface area contributed by atoms with Gasteiger partial charge in [-0.25, -0.2) is 0 Å². The summed E-state index contributed by atoms with van der Waals surface area (Å²) in [6.45, 7) is -2.20. The molecule has 0 radical (unpaired) electrons. The summed E-state index contributed by atoms with van der Waals surface area (Å²) in [7, 11) is -4.43. The van der Waals surface area contributed by atoms with Crippen molar-refractivity contribution in [2.45, 2.75) is 12.1 Å². The van der Waals surface area contributed by atoms with Gasteiger partial charge in [0.1, 0.15) is 5.75 Å². The number of rotatable bonds is 7. The predicted molar refractivity (Wildman–Crippen MR) is 54.1 cm³/mol. The molecule has 0 aliphatic carbocycles. The lowest BCUT2D eigenvalue weighted by atomic mass is 9.80. The van der Waals surface area contributed by atoms with Crippen molar-refractivity contribution in [1.82, 2.24) is 0 Å². The van der Waals surface area contributed by atoms with E-state index in [1.807, 2.05) is 0 Å². The third kappa shape index (κ3) is 3.94. The van der Waals surface area contributed by atoms with E-state index in [-0.39, 0.29) is 0 Å². The number of aliphatic hydroxyl groups excluding tert-OH is 4. The summed E-state index contributed by atoms with van der Waals surface area (Å²) in [6.07, 6.45) is -1.71. The van der Waals surface area contributed by atoms with E-state index in [0.29, 0.717) is 0 Å². The molecule has 0 bridgehead atoms. The molecule has 0 aliphatic heterocycles. The zero-order valence-corrected chi connectivity index (χ0v) is 9.34. The van der Waals surface area contributed by atoms with Crippen LogP contribution in [0.4, 0.5) is 0 Å². The molecule has 2 unspecified atom stereocenters. The van der Waals surface area contributed by atoms with Crippen LogP contribution in [0.5, 0.6) is 0 Å². The summed E-state index contributed by atoms with van der Waals surface area (Å²) in [6, 6.07) is -1.39. The highest BCUT2D eigenvalue weighted by molar-refractivity contribution is 7.85. The van der Waals surface area contributed by atoms with Gasteiger partial charge in [-0.05, 0) is 0 Å². The number of nitrogens with two attached hydrogens (primary N) is 1. The Hall–Kier alpha value is -0.290. The van der Waals surface area contributed by atoms with Gasteiger partial charge in [0, 0.05) is 6.04 Å². The Kier molecular flexibility index (Phi) is 5.76. The fraction of sp³-hybridized carbons (Fsp3) is 1.00. The fourth-order valence-corrected chi connectivity index (χ4v) is 1.83. The van der Waals surface area contributed by atoms with E-state index < -0.39 is 53.3 Å². The number of hydrogen-bond donors (Lipinski definition) is 6. The SMILES string of the molecule is NC(C(O)CS(=O)(=O)O)C(CO)(CO)CO. The van der Waals surface area contributed by atoms with Gasteiger partial charge in [0.25, 0.3) is 10.1 Å². The molecule has 0 saturated carbocycles. The maximum Gasteiger partial charge on any atom is 0.267 e. The Labute approximate surface area is 93.1 Å². The zero-order chi connectivity index (χ0) is 13.0. The zero-order valence-electron chi connectivity index (χ0n) is 8.52. The van der Waals surface area contributed by atoms with Crippen molar-refractivity contribution in [1.29, 1.82) is 0 Å². The van der Waals surface area contributed by atoms with Crippen LogP contribution in [0.1, 0.15) is 0 Å². The summed E-state index contributed by atoms with van der Waals surface area (Å²) >= 11 is 0. The first kappa shape index (κ1) is 15.7. The van der Waals surface area contributed by atoms with Crippen LogP contribution in [-0.2, 0) is 10.1 Å². The molecular weight excluding hydrogens is 242 g/mol. The Morgan fingerprint density at radius 1 is 1.12 bits per heavy atom. The van der Waals surface area contributed by atoms with E-state index >= 15 is 0 Å². The molecule has 9 heteroatoms. The van der Waals surface area contributed by atoms with Crippen molar-refractivity contribution in [2.24, 2.45) is 11.1 Å². The average molecular weight is 259 g/mol. The maximum atomic E-state index is 10.5. The first-order chi connectivity index (χ1) is 7.22. The standard InChI is InChI=1S/C7H17NO7S/c8-6(5(12)1-16(13,14)15)7(2-9,3-10)4-11/h5-6,9-12H,1-4,8H2,(H,13,14,15). The highest BCUT2D eigenvalue weighted by atomic mass is 32.2. The molecule has 7 N–H and O–H groups in total. The normalized spacial score (nSPS) is 17.1. The summed E-state index contributed by atoms with van der Waals surface area (Å²) in [5.74, 6) is -1.03. The number of aliphatic hydroxyl groups is 4. The van der Waals surface area contributed by atoms with Crippen molar-refractivity contribution >= 4 is 10.1 Å². The molecule has 0 aromatic heterocycles. The van der Waals surface area contributed by atoms with E-state index in [2.05, 4.69) is 0 Å². The largest absolute Gasteiger partial charge is 0.396 e. The van der Waals surface area contributed by atoms with E-state index in [1.54, 1.807) is 0 Å². The van der Waals surface area contributed by atoms with Crippen molar-refractivity contribution < 1.29 is 33.4 Å².